The van der Waals surface area contributed by atoms with Crippen molar-refractivity contribution in [3.63, 3.8) is 0 Å². The molecule has 0 aliphatic heterocycles. The smallest absolute Gasteiger partial charge is 0.218 e. The summed E-state index contributed by atoms with van der Waals surface area (Å²) in [5.41, 5.74) is 0.253. The van der Waals surface area contributed by atoms with E-state index >= 15 is 0 Å². The molecule has 4 heteroatoms. The fourth-order valence-electron chi connectivity index (χ4n) is 1.40. The first-order chi connectivity index (χ1) is 8.30. The Labute approximate surface area is 109 Å². The van der Waals surface area contributed by atoms with Gasteiger partial charge in [0.05, 0.1) is 11.7 Å². The fraction of sp³-hybridized carbons (Fsp3) is 0.643. The number of hydrogen-bond acceptors (Lipinski definition) is 4. The van der Waals surface area contributed by atoms with Gasteiger partial charge in [0, 0.05) is 24.3 Å². The van der Waals surface area contributed by atoms with Crippen LogP contribution in [-0.2, 0) is 6.54 Å². The van der Waals surface area contributed by atoms with E-state index in [0.717, 1.165) is 5.56 Å². The van der Waals surface area contributed by atoms with Crippen LogP contribution in [0.2, 0.25) is 0 Å². The average Bonchev–Trinajstić information content (AvgIpc) is 2.25. The summed E-state index contributed by atoms with van der Waals surface area (Å²) in [4.78, 5) is 4.23. The lowest BCUT2D eigenvalue weighted by Crippen LogP contribution is -2.44. The highest BCUT2D eigenvalue weighted by Crippen LogP contribution is 2.17. The van der Waals surface area contributed by atoms with E-state index in [9.17, 15) is 5.11 Å². The highest BCUT2D eigenvalue weighted by Gasteiger charge is 2.21. The first kappa shape index (κ1) is 14.9. The number of aliphatic hydroxyl groups is 1. The third-order valence-corrected chi connectivity index (χ3v) is 2.86. The van der Waals surface area contributed by atoms with Crippen LogP contribution in [0.1, 0.15) is 40.2 Å². The van der Waals surface area contributed by atoms with Gasteiger partial charge >= 0.3 is 0 Å². The Morgan fingerprint density at radius 2 is 2.06 bits per heavy atom. The predicted molar refractivity (Wildman–Crippen MR) is 72.6 cm³/mol. The van der Waals surface area contributed by atoms with Crippen molar-refractivity contribution < 1.29 is 9.84 Å². The maximum Gasteiger partial charge on any atom is 0.218 e. The molecule has 1 rings (SSSR count). The second kappa shape index (κ2) is 6.16. The highest BCUT2D eigenvalue weighted by molar-refractivity contribution is 5.25. The van der Waals surface area contributed by atoms with Crippen LogP contribution in [-0.4, -0.2) is 27.8 Å². The van der Waals surface area contributed by atoms with Gasteiger partial charge in [0.1, 0.15) is 0 Å². The molecule has 1 heterocycles. The van der Waals surface area contributed by atoms with Crippen LogP contribution < -0.4 is 10.1 Å². The molecule has 0 aromatic carbocycles. The SMILES string of the molecule is CC(C)Oc1ncccc1CNC(C)C(C)(C)O. The Morgan fingerprint density at radius 3 is 2.61 bits per heavy atom. The van der Waals surface area contributed by atoms with Crippen molar-refractivity contribution in [3.05, 3.63) is 23.9 Å². The molecule has 0 saturated carbocycles. The molecule has 1 atom stereocenters. The molecule has 0 aliphatic rings. The lowest BCUT2D eigenvalue weighted by atomic mass is 10.0. The monoisotopic (exact) mass is 252 g/mol. The number of nitrogens with zero attached hydrogens (tertiary/aromatic N) is 1. The van der Waals surface area contributed by atoms with Gasteiger partial charge in [-0.3, -0.25) is 0 Å². The van der Waals surface area contributed by atoms with Crippen molar-refractivity contribution >= 4 is 0 Å². The molecule has 0 radical (unpaired) electrons. The molecule has 2 N–H and O–H groups in total. The Bertz CT molecular complexity index is 372. The minimum Gasteiger partial charge on any atom is -0.475 e. The number of nitrogens with one attached hydrogen (secondary N) is 1. The van der Waals surface area contributed by atoms with E-state index in [0.29, 0.717) is 12.4 Å². The van der Waals surface area contributed by atoms with Gasteiger partial charge in [-0.1, -0.05) is 6.07 Å². The van der Waals surface area contributed by atoms with E-state index in [1.54, 1.807) is 20.0 Å². The molecule has 0 saturated heterocycles. The maximum absolute atomic E-state index is 9.87. The quantitative estimate of drug-likeness (QED) is 0.814. The molecule has 0 fully saturated rings. The molecule has 4 nitrogen and oxygen atoms in total. The summed E-state index contributed by atoms with van der Waals surface area (Å²) in [6.07, 6.45) is 1.83. The molecule has 1 aromatic rings. The van der Waals surface area contributed by atoms with Gasteiger partial charge in [0.2, 0.25) is 5.88 Å². The molecule has 0 bridgehead atoms. The Morgan fingerprint density at radius 1 is 1.39 bits per heavy atom. The van der Waals surface area contributed by atoms with E-state index in [4.69, 9.17) is 4.74 Å². The number of ether oxygens (including phenoxy) is 1. The summed E-state index contributed by atoms with van der Waals surface area (Å²) >= 11 is 0. The van der Waals surface area contributed by atoms with Crippen LogP contribution in [0, 0.1) is 0 Å². The topological polar surface area (TPSA) is 54.4 Å². The van der Waals surface area contributed by atoms with E-state index in [2.05, 4.69) is 10.3 Å². The van der Waals surface area contributed by atoms with Crippen molar-refractivity contribution in [2.75, 3.05) is 0 Å². The van der Waals surface area contributed by atoms with Crippen molar-refractivity contribution in [1.29, 1.82) is 0 Å². The van der Waals surface area contributed by atoms with E-state index in [-0.39, 0.29) is 12.1 Å². The minimum atomic E-state index is -0.749. The number of pyridine rings is 1. The maximum atomic E-state index is 9.87. The molecule has 1 unspecified atom stereocenters. The van der Waals surface area contributed by atoms with Gasteiger partial charge in [0.15, 0.2) is 0 Å². The zero-order valence-corrected chi connectivity index (χ0v) is 11.9. The van der Waals surface area contributed by atoms with Crippen molar-refractivity contribution in [2.24, 2.45) is 0 Å². The molecule has 0 amide bonds. The first-order valence-electron chi connectivity index (χ1n) is 6.37. The second-order valence-electron chi connectivity index (χ2n) is 5.39. The zero-order chi connectivity index (χ0) is 13.8. The Hall–Kier alpha value is -1.13. The second-order valence-corrected chi connectivity index (χ2v) is 5.39. The van der Waals surface area contributed by atoms with Crippen LogP contribution in [0.3, 0.4) is 0 Å². The van der Waals surface area contributed by atoms with Crippen molar-refractivity contribution in [2.45, 2.75) is 58.9 Å². The summed E-state index contributed by atoms with van der Waals surface area (Å²) in [5, 5.41) is 13.2. The first-order valence-corrected chi connectivity index (χ1v) is 6.37. The van der Waals surface area contributed by atoms with Gasteiger partial charge in [-0.25, -0.2) is 4.98 Å². The van der Waals surface area contributed by atoms with Gasteiger partial charge in [-0.2, -0.15) is 0 Å². The minimum absolute atomic E-state index is 0.00962. The number of aromatic nitrogens is 1. The van der Waals surface area contributed by atoms with Crippen LogP contribution in [0.25, 0.3) is 0 Å². The lowest BCUT2D eigenvalue weighted by Gasteiger charge is -2.27. The lowest BCUT2D eigenvalue weighted by molar-refractivity contribution is 0.0435. The summed E-state index contributed by atoms with van der Waals surface area (Å²) in [7, 11) is 0. The summed E-state index contributed by atoms with van der Waals surface area (Å²) in [6, 6.07) is 3.86. The third-order valence-electron chi connectivity index (χ3n) is 2.86. The van der Waals surface area contributed by atoms with E-state index in [1.807, 2.05) is 32.9 Å². The molecular formula is C14H24N2O2. The molecule has 102 valence electrons. The zero-order valence-electron chi connectivity index (χ0n) is 11.9. The number of hydrogen-bond donors (Lipinski definition) is 2. The summed E-state index contributed by atoms with van der Waals surface area (Å²) in [5.74, 6) is 0.656. The standard InChI is InChI=1S/C14H24N2O2/c1-10(2)18-13-12(7-6-8-15-13)9-16-11(3)14(4,5)17/h6-8,10-11,16-17H,9H2,1-5H3. The summed E-state index contributed by atoms with van der Waals surface area (Å²) < 4.78 is 5.65. The van der Waals surface area contributed by atoms with Crippen LogP contribution in [0.4, 0.5) is 0 Å². The number of rotatable bonds is 6. The molecule has 1 aromatic heterocycles. The average molecular weight is 252 g/mol. The van der Waals surface area contributed by atoms with Gasteiger partial charge < -0.3 is 15.2 Å². The third kappa shape index (κ3) is 4.63. The molecule has 0 spiro atoms. The highest BCUT2D eigenvalue weighted by atomic mass is 16.5. The summed E-state index contributed by atoms with van der Waals surface area (Å²) in [6.45, 7) is 10.1. The van der Waals surface area contributed by atoms with Gasteiger partial charge in [-0.05, 0) is 40.7 Å². The van der Waals surface area contributed by atoms with Crippen LogP contribution in [0.5, 0.6) is 5.88 Å². The predicted octanol–water partition coefficient (Wildman–Crippen LogP) is 2.12. The van der Waals surface area contributed by atoms with Gasteiger partial charge in [0.25, 0.3) is 0 Å². The Balaban J connectivity index is 2.67. The molecular weight excluding hydrogens is 228 g/mol. The fourth-order valence-corrected chi connectivity index (χ4v) is 1.40. The van der Waals surface area contributed by atoms with Crippen molar-refractivity contribution in [3.8, 4) is 5.88 Å². The largest absolute Gasteiger partial charge is 0.475 e. The molecule has 18 heavy (non-hydrogen) atoms. The van der Waals surface area contributed by atoms with Crippen molar-refractivity contribution in [1.82, 2.24) is 10.3 Å². The Kier molecular flexibility index (Phi) is 5.11. The molecule has 0 aliphatic carbocycles. The van der Waals surface area contributed by atoms with Crippen LogP contribution in [0.15, 0.2) is 18.3 Å². The van der Waals surface area contributed by atoms with E-state index < -0.39 is 5.60 Å². The van der Waals surface area contributed by atoms with E-state index in [1.165, 1.54) is 0 Å². The van der Waals surface area contributed by atoms with Crippen LogP contribution >= 0.6 is 0 Å². The van der Waals surface area contributed by atoms with Gasteiger partial charge in [-0.15, -0.1) is 0 Å². The normalized spacial score (nSPS) is 13.7.